The lowest BCUT2D eigenvalue weighted by molar-refractivity contribution is -0.384. The molecule has 1 fully saturated rings. The molecule has 36 heavy (non-hydrogen) atoms. The Morgan fingerprint density at radius 1 is 0.833 bits per heavy atom. The van der Waals surface area contributed by atoms with Crippen molar-refractivity contribution in [2.75, 3.05) is 31.1 Å². The number of nitro benzene ring substituents is 1. The van der Waals surface area contributed by atoms with Crippen molar-refractivity contribution in [1.29, 1.82) is 0 Å². The van der Waals surface area contributed by atoms with E-state index in [2.05, 4.69) is 4.40 Å². The molecule has 0 amide bonds. The number of sulfonamides is 2. The normalized spacial score (nSPS) is 17.8. The Labute approximate surface area is 208 Å². The molecule has 5 rings (SSSR count). The SMILES string of the molecule is O=[N+]([O-])c1ccc(S(=O)(=O)N2CCN(C3=NS(=O)(=O)c4ccccc4N3c3ccccc3)CC2)cc1. The molecular weight excluding hydrogens is 506 g/mol. The molecule has 3 aromatic carbocycles. The molecule has 0 saturated carbocycles. The Morgan fingerprint density at radius 3 is 2.08 bits per heavy atom. The van der Waals surface area contributed by atoms with E-state index in [1.807, 2.05) is 30.3 Å². The van der Waals surface area contributed by atoms with Crippen LogP contribution in [0, 0.1) is 10.1 Å². The van der Waals surface area contributed by atoms with Gasteiger partial charge in [0.05, 0.1) is 15.5 Å². The zero-order valence-electron chi connectivity index (χ0n) is 18.8. The van der Waals surface area contributed by atoms with E-state index in [0.29, 0.717) is 5.69 Å². The van der Waals surface area contributed by atoms with Crippen LogP contribution in [0.25, 0.3) is 0 Å². The first-order valence-corrected chi connectivity index (χ1v) is 13.9. The summed E-state index contributed by atoms with van der Waals surface area (Å²) >= 11 is 0. The van der Waals surface area contributed by atoms with Crippen LogP contribution in [0.5, 0.6) is 0 Å². The summed E-state index contributed by atoms with van der Waals surface area (Å²) in [6.45, 7) is 0.573. The highest BCUT2D eigenvalue weighted by Crippen LogP contribution is 2.37. The second-order valence-corrected chi connectivity index (χ2v) is 11.7. The van der Waals surface area contributed by atoms with Gasteiger partial charge in [-0.15, -0.1) is 4.40 Å². The van der Waals surface area contributed by atoms with Crippen molar-refractivity contribution in [3.05, 3.63) is 89.0 Å². The first-order chi connectivity index (χ1) is 17.2. The van der Waals surface area contributed by atoms with Gasteiger partial charge in [0.15, 0.2) is 0 Å². The van der Waals surface area contributed by atoms with Gasteiger partial charge in [-0.25, -0.2) is 8.42 Å². The highest BCUT2D eigenvalue weighted by molar-refractivity contribution is 7.90. The van der Waals surface area contributed by atoms with Crippen molar-refractivity contribution < 1.29 is 21.8 Å². The number of nitro groups is 1. The van der Waals surface area contributed by atoms with Gasteiger partial charge in [0.2, 0.25) is 16.0 Å². The summed E-state index contributed by atoms with van der Waals surface area (Å²) in [5, 5.41) is 10.9. The van der Waals surface area contributed by atoms with E-state index in [0.717, 1.165) is 17.8 Å². The van der Waals surface area contributed by atoms with Crippen LogP contribution in [-0.2, 0) is 20.0 Å². The van der Waals surface area contributed by atoms with Gasteiger partial charge in [-0.2, -0.15) is 12.7 Å². The molecule has 0 atom stereocenters. The Kier molecular flexibility index (Phi) is 5.98. The van der Waals surface area contributed by atoms with Gasteiger partial charge in [-0.1, -0.05) is 30.3 Å². The molecule has 0 spiro atoms. The number of hydrogen-bond donors (Lipinski definition) is 0. The molecule has 1 saturated heterocycles. The van der Waals surface area contributed by atoms with E-state index in [1.54, 1.807) is 28.0 Å². The molecule has 0 aliphatic carbocycles. The predicted octanol–water partition coefficient (Wildman–Crippen LogP) is 2.80. The third-order valence-electron chi connectivity index (χ3n) is 6.01. The van der Waals surface area contributed by atoms with Crippen LogP contribution in [0.2, 0.25) is 0 Å². The summed E-state index contributed by atoms with van der Waals surface area (Å²) < 4.78 is 57.6. The first-order valence-electron chi connectivity index (χ1n) is 11.0. The third-order valence-corrected chi connectivity index (χ3v) is 9.22. The average Bonchev–Trinajstić information content (AvgIpc) is 2.89. The molecule has 0 radical (unpaired) electrons. The summed E-state index contributed by atoms with van der Waals surface area (Å²) in [5.41, 5.74) is 0.991. The number of anilines is 2. The third kappa shape index (κ3) is 4.21. The van der Waals surface area contributed by atoms with E-state index >= 15 is 0 Å². The van der Waals surface area contributed by atoms with Crippen LogP contribution in [0.1, 0.15) is 0 Å². The number of piperazine rings is 1. The standard InChI is InChI=1S/C23H21N5O6S2/c29-28(30)19-10-12-20(13-11-19)36(33,34)26-16-14-25(15-17-26)23-24-35(31,32)22-9-5-4-8-21(22)27(23)18-6-2-1-3-7-18/h1-13H,14-17H2. The van der Waals surface area contributed by atoms with Crippen LogP contribution < -0.4 is 4.90 Å². The van der Waals surface area contributed by atoms with Crippen molar-refractivity contribution in [3.63, 3.8) is 0 Å². The van der Waals surface area contributed by atoms with Gasteiger partial charge >= 0.3 is 0 Å². The van der Waals surface area contributed by atoms with E-state index in [4.69, 9.17) is 0 Å². The molecule has 2 aliphatic heterocycles. The molecule has 2 heterocycles. The Bertz CT molecular complexity index is 1550. The molecule has 11 nitrogen and oxygen atoms in total. The topological polar surface area (TPSA) is 134 Å². The van der Waals surface area contributed by atoms with Crippen LogP contribution in [0.15, 0.2) is 93.1 Å². The van der Waals surface area contributed by atoms with Crippen molar-refractivity contribution in [2.45, 2.75) is 9.79 Å². The van der Waals surface area contributed by atoms with Crippen LogP contribution in [0.4, 0.5) is 17.1 Å². The maximum Gasteiger partial charge on any atom is 0.287 e. The fraction of sp³-hybridized carbons (Fsp3) is 0.174. The van der Waals surface area contributed by atoms with Crippen LogP contribution >= 0.6 is 0 Å². The monoisotopic (exact) mass is 527 g/mol. The van der Waals surface area contributed by atoms with Gasteiger partial charge in [0.25, 0.3) is 15.7 Å². The molecule has 2 aliphatic rings. The van der Waals surface area contributed by atoms with Gasteiger partial charge in [-0.3, -0.25) is 15.0 Å². The maximum absolute atomic E-state index is 13.1. The smallest absolute Gasteiger partial charge is 0.287 e. The average molecular weight is 528 g/mol. The predicted molar refractivity (Wildman–Crippen MR) is 133 cm³/mol. The number of fused-ring (bicyclic) bond motifs is 1. The second-order valence-electron chi connectivity index (χ2n) is 8.15. The molecule has 0 unspecified atom stereocenters. The Balaban J connectivity index is 1.43. The number of para-hydroxylation sites is 2. The van der Waals surface area contributed by atoms with Crippen LogP contribution in [0.3, 0.4) is 0 Å². The maximum atomic E-state index is 13.1. The fourth-order valence-electron chi connectivity index (χ4n) is 4.21. The Morgan fingerprint density at radius 2 is 1.44 bits per heavy atom. The van der Waals surface area contributed by atoms with Gasteiger partial charge in [-0.05, 0) is 36.4 Å². The van der Waals surface area contributed by atoms with E-state index in [-0.39, 0.29) is 47.6 Å². The highest BCUT2D eigenvalue weighted by atomic mass is 32.2. The molecular formula is C23H21N5O6S2. The largest absolute Gasteiger partial charge is 0.339 e. The van der Waals surface area contributed by atoms with Gasteiger partial charge < -0.3 is 4.90 Å². The van der Waals surface area contributed by atoms with E-state index < -0.39 is 25.0 Å². The number of nitrogens with zero attached hydrogens (tertiary/aromatic N) is 5. The lowest BCUT2D eigenvalue weighted by atomic mass is 10.2. The van der Waals surface area contributed by atoms with E-state index in [1.165, 1.54) is 22.5 Å². The number of hydrogen-bond acceptors (Lipinski definition) is 8. The minimum Gasteiger partial charge on any atom is -0.339 e. The summed E-state index contributed by atoms with van der Waals surface area (Å²) in [4.78, 5) is 13.9. The van der Waals surface area contributed by atoms with E-state index in [9.17, 15) is 26.9 Å². The molecule has 3 aromatic rings. The summed E-state index contributed by atoms with van der Waals surface area (Å²) in [6, 6.07) is 20.6. The van der Waals surface area contributed by atoms with Crippen LogP contribution in [-0.4, -0.2) is 63.1 Å². The minimum absolute atomic E-state index is 0.0426. The summed E-state index contributed by atoms with van der Waals surface area (Å²) in [5.74, 6) is 0.201. The molecule has 0 N–H and O–H groups in total. The molecule has 186 valence electrons. The number of benzene rings is 3. The second kappa shape index (κ2) is 9.00. The van der Waals surface area contributed by atoms with Crippen molar-refractivity contribution in [2.24, 2.45) is 4.40 Å². The molecule has 0 aromatic heterocycles. The minimum atomic E-state index is -3.96. The summed E-state index contributed by atoms with van der Waals surface area (Å²) in [6.07, 6.45) is 0. The number of non-ortho nitro benzene ring substituents is 1. The lowest BCUT2D eigenvalue weighted by Crippen LogP contribution is -2.54. The quantitative estimate of drug-likeness (QED) is 0.374. The fourth-order valence-corrected chi connectivity index (χ4v) is 6.82. The van der Waals surface area contributed by atoms with Crippen molar-refractivity contribution >= 4 is 43.1 Å². The highest BCUT2D eigenvalue weighted by Gasteiger charge is 2.37. The first kappa shape index (κ1) is 23.9. The molecule has 13 heteroatoms. The zero-order valence-corrected chi connectivity index (χ0v) is 20.5. The van der Waals surface area contributed by atoms with Crippen molar-refractivity contribution in [1.82, 2.24) is 9.21 Å². The van der Waals surface area contributed by atoms with Gasteiger partial charge in [0.1, 0.15) is 4.90 Å². The number of guanidine groups is 1. The zero-order chi connectivity index (χ0) is 25.5. The molecule has 0 bridgehead atoms. The van der Waals surface area contributed by atoms with Crippen molar-refractivity contribution in [3.8, 4) is 0 Å². The lowest BCUT2D eigenvalue weighted by Gasteiger charge is -2.41. The Hall–Kier alpha value is -3.81. The summed E-state index contributed by atoms with van der Waals surface area (Å²) in [7, 11) is -7.84. The van der Waals surface area contributed by atoms with Gasteiger partial charge in [0, 0.05) is 44.0 Å². The number of rotatable bonds is 4.